The van der Waals surface area contributed by atoms with Gasteiger partial charge in [-0.3, -0.25) is 9.59 Å². The van der Waals surface area contributed by atoms with Gasteiger partial charge >= 0.3 is 6.18 Å². The normalized spacial score (nSPS) is 14.8. The zero-order valence-corrected chi connectivity index (χ0v) is 19.3. The fraction of sp³-hybridized carbons (Fsp3) is 0.320. The number of carbonyl (C=O) groups is 2. The Kier molecular flexibility index (Phi) is 7.02. The standard InChI is InChI=1S/C25H23F3N2O3S/c1-16-5-6-17(13-21(31)20-3-2-4-23(29-20)25(26,27)28)14-22(16)33-19-7-10-30(11-8-19)24(32)18-9-12-34-15-18/h2-6,9,12,14-15,19H,7-8,10-11,13H2,1H3. The molecule has 0 bridgehead atoms. The number of thiophene rings is 1. The van der Waals surface area contributed by atoms with Crippen LogP contribution < -0.4 is 4.74 Å². The van der Waals surface area contributed by atoms with Crippen molar-refractivity contribution in [1.29, 1.82) is 0 Å². The summed E-state index contributed by atoms with van der Waals surface area (Å²) in [5.41, 5.74) is 0.920. The highest BCUT2D eigenvalue weighted by Gasteiger charge is 2.33. The summed E-state index contributed by atoms with van der Waals surface area (Å²) >= 11 is 1.49. The number of hydrogen-bond donors (Lipinski definition) is 0. The minimum absolute atomic E-state index is 0.0274. The Morgan fingerprint density at radius 1 is 1.15 bits per heavy atom. The first kappa shape index (κ1) is 23.9. The molecule has 0 N–H and O–H groups in total. The van der Waals surface area contributed by atoms with Crippen molar-refractivity contribution in [3.8, 4) is 5.75 Å². The van der Waals surface area contributed by atoms with Crippen LogP contribution in [0.25, 0.3) is 0 Å². The minimum atomic E-state index is -4.61. The van der Waals surface area contributed by atoms with Crippen LogP contribution in [0.3, 0.4) is 0 Å². The lowest BCUT2D eigenvalue weighted by Gasteiger charge is -2.32. The largest absolute Gasteiger partial charge is 0.490 e. The van der Waals surface area contributed by atoms with E-state index in [-0.39, 0.29) is 24.1 Å². The van der Waals surface area contributed by atoms with Gasteiger partial charge < -0.3 is 9.64 Å². The van der Waals surface area contributed by atoms with E-state index in [1.54, 1.807) is 12.1 Å². The summed E-state index contributed by atoms with van der Waals surface area (Å²) in [6.07, 6.45) is -3.38. The highest BCUT2D eigenvalue weighted by molar-refractivity contribution is 7.08. The smallest absolute Gasteiger partial charge is 0.433 e. The number of halogens is 3. The number of ketones is 1. The van der Waals surface area contributed by atoms with Gasteiger partial charge in [-0.2, -0.15) is 24.5 Å². The van der Waals surface area contributed by atoms with Gasteiger partial charge in [0.05, 0.1) is 5.56 Å². The van der Waals surface area contributed by atoms with E-state index in [0.29, 0.717) is 42.8 Å². The first-order valence-electron chi connectivity index (χ1n) is 10.9. The van der Waals surface area contributed by atoms with Gasteiger partial charge in [0.25, 0.3) is 5.91 Å². The van der Waals surface area contributed by atoms with Crippen LogP contribution in [-0.2, 0) is 12.6 Å². The van der Waals surface area contributed by atoms with Gasteiger partial charge in [-0.15, -0.1) is 0 Å². The van der Waals surface area contributed by atoms with Gasteiger partial charge in [0, 0.05) is 37.7 Å². The molecule has 1 amide bonds. The van der Waals surface area contributed by atoms with Gasteiger partial charge in [0.2, 0.25) is 0 Å². The number of alkyl halides is 3. The van der Waals surface area contributed by atoms with Crippen LogP contribution >= 0.6 is 11.3 Å². The third-order valence-corrected chi connectivity index (χ3v) is 6.42. The molecule has 0 unspecified atom stereocenters. The van der Waals surface area contributed by atoms with E-state index in [2.05, 4.69) is 4.98 Å². The van der Waals surface area contributed by atoms with Crippen molar-refractivity contribution in [2.45, 2.75) is 38.5 Å². The van der Waals surface area contributed by atoms with E-state index in [4.69, 9.17) is 4.74 Å². The Labute approximate surface area is 199 Å². The summed E-state index contributed by atoms with van der Waals surface area (Å²) in [6, 6.07) is 10.5. The molecule has 34 heavy (non-hydrogen) atoms. The number of amides is 1. The first-order chi connectivity index (χ1) is 16.2. The lowest BCUT2D eigenvalue weighted by Crippen LogP contribution is -2.41. The number of piperidine rings is 1. The van der Waals surface area contributed by atoms with Gasteiger partial charge in [-0.05, 0) is 47.7 Å². The fourth-order valence-electron chi connectivity index (χ4n) is 3.83. The second-order valence-electron chi connectivity index (χ2n) is 8.23. The monoisotopic (exact) mass is 488 g/mol. The number of ether oxygens (including phenoxy) is 1. The number of likely N-dealkylation sites (tertiary alicyclic amines) is 1. The Morgan fingerprint density at radius 2 is 1.91 bits per heavy atom. The van der Waals surface area contributed by atoms with Crippen molar-refractivity contribution < 1.29 is 27.5 Å². The molecule has 5 nitrogen and oxygen atoms in total. The molecule has 1 aliphatic rings. The molecule has 1 fully saturated rings. The zero-order chi connectivity index (χ0) is 24.3. The molecule has 0 spiro atoms. The topological polar surface area (TPSA) is 59.5 Å². The quantitative estimate of drug-likeness (QED) is 0.425. The number of carbonyl (C=O) groups excluding carboxylic acids is 2. The SMILES string of the molecule is Cc1ccc(CC(=O)c2cccc(C(F)(F)F)n2)cc1OC1CCN(C(=O)c2ccsc2)CC1. The molecule has 3 heterocycles. The predicted octanol–water partition coefficient (Wildman–Crippen LogP) is 5.58. The van der Waals surface area contributed by atoms with E-state index >= 15 is 0 Å². The predicted molar refractivity (Wildman–Crippen MR) is 122 cm³/mol. The molecule has 2 aromatic heterocycles. The summed E-state index contributed by atoms with van der Waals surface area (Å²) in [5.74, 6) is 0.158. The van der Waals surface area contributed by atoms with E-state index in [1.807, 2.05) is 34.7 Å². The minimum Gasteiger partial charge on any atom is -0.490 e. The number of aryl methyl sites for hydroxylation is 1. The van der Waals surface area contributed by atoms with Crippen molar-refractivity contribution >= 4 is 23.0 Å². The number of pyridine rings is 1. The van der Waals surface area contributed by atoms with Crippen molar-refractivity contribution in [3.63, 3.8) is 0 Å². The number of aromatic nitrogens is 1. The maximum Gasteiger partial charge on any atom is 0.433 e. The lowest BCUT2D eigenvalue weighted by atomic mass is 10.0. The van der Waals surface area contributed by atoms with Crippen LogP contribution in [0.15, 0.2) is 53.2 Å². The van der Waals surface area contributed by atoms with Crippen LogP contribution in [0, 0.1) is 6.92 Å². The van der Waals surface area contributed by atoms with Crippen molar-refractivity contribution in [3.05, 3.63) is 81.3 Å². The van der Waals surface area contributed by atoms with E-state index in [1.165, 1.54) is 23.5 Å². The second-order valence-corrected chi connectivity index (χ2v) is 9.01. The molecule has 4 rings (SSSR count). The highest BCUT2D eigenvalue weighted by atomic mass is 32.1. The number of nitrogens with zero attached hydrogens (tertiary/aromatic N) is 2. The van der Waals surface area contributed by atoms with E-state index in [9.17, 15) is 22.8 Å². The summed E-state index contributed by atoms with van der Waals surface area (Å²) in [5, 5.41) is 3.72. The van der Waals surface area contributed by atoms with Crippen LogP contribution in [0.2, 0.25) is 0 Å². The van der Waals surface area contributed by atoms with E-state index < -0.39 is 17.7 Å². The maximum absolute atomic E-state index is 12.9. The number of benzene rings is 1. The van der Waals surface area contributed by atoms with Crippen LogP contribution in [0.4, 0.5) is 13.2 Å². The Hall–Kier alpha value is -3.20. The molecule has 0 radical (unpaired) electrons. The number of hydrogen-bond acceptors (Lipinski definition) is 5. The molecule has 0 atom stereocenters. The molecular weight excluding hydrogens is 465 g/mol. The third-order valence-electron chi connectivity index (χ3n) is 5.73. The lowest BCUT2D eigenvalue weighted by molar-refractivity contribution is -0.141. The zero-order valence-electron chi connectivity index (χ0n) is 18.5. The fourth-order valence-corrected chi connectivity index (χ4v) is 4.46. The maximum atomic E-state index is 12.9. The summed E-state index contributed by atoms with van der Waals surface area (Å²) < 4.78 is 44.9. The van der Waals surface area contributed by atoms with Crippen molar-refractivity contribution in [2.24, 2.45) is 0 Å². The van der Waals surface area contributed by atoms with Crippen LogP contribution in [-0.4, -0.2) is 40.8 Å². The summed E-state index contributed by atoms with van der Waals surface area (Å²) in [7, 11) is 0. The average Bonchev–Trinajstić information content (AvgIpc) is 3.36. The highest BCUT2D eigenvalue weighted by Crippen LogP contribution is 2.28. The van der Waals surface area contributed by atoms with Gasteiger partial charge in [0.1, 0.15) is 23.2 Å². The van der Waals surface area contributed by atoms with Gasteiger partial charge in [0.15, 0.2) is 5.78 Å². The molecule has 3 aromatic rings. The molecular formula is C25H23F3N2O3S. The van der Waals surface area contributed by atoms with Gasteiger partial charge in [-0.1, -0.05) is 18.2 Å². The first-order valence-corrected chi connectivity index (χ1v) is 11.8. The molecule has 1 aromatic carbocycles. The molecule has 0 saturated carbocycles. The molecule has 178 valence electrons. The van der Waals surface area contributed by atoms with Crippen LogP contribution in [0.5, 0.6) is 5.75 Å². The molecule has 9 heteroatoms. The Balaban J connectivity index is 1.38. The third kappa shape index (κ3) is 5.64. The second kappa shape index (κ2) is 9.97. The molecule has 0 aliphatic carbocycles. The van der Waals surface area contributed by atoms with Crippen molar-refractivity contribution in [2.75, 3.05) is 13.1 Å². The van der Waals surface area contributed by atoms with Crippen LogP contribution in [0.1, 0.15) is 50.5 Å². The summed E-state index contributed by atoms with van der Waals surface area (Å²) in [6.45, 7) is 3.08. The Bertz CT molecular complexity index is 1170. The molecule has 1 saturated heterocycles. The van der Waals surface area contributed by atoms with Crippen molar-refractivity contribution in [1.82, 2.24) is 9.88 Å². The number of Topliss-reactive ketones (excluding diaryl/α,β-unsaturated/α-hetero) is 1. The van der Waals surface area contributed by atoms with Gasteiger partial charge in [-0.25, -0.2) is 4.98 Å². The Morgan fingerprint density at radius 3 is 2.59 bits per heavy atom. The summed E-state index contributed by atoms with van der Waals surface area (Å²) in [4.78, 5) is 30.4. The average molecular weight is 489 g/mol. The van der Waals surface area contributed by atoms with E-state index in [0.717, 1.165) is 11.6 Å². The number of rotatable bonds is 6. The molecule has 1 aliphatic heterocycles.